The normalized spacial score (nSPS) is 10.7. The molecule has 0 aliphatic carbocycles. The standard InChI is InChI=1S/C21H17ClN2O2/c22-19-12-10-16(11-13-19)15-26-20-9-5-4-8-18(20)14-23-24-21(25)17-6-2-1-3-7-17/h1-14H,15H2,(H,24,25). The van der Waals surface area contributed by atoms with Crippen LogP contribution in [0.4, 0.5) is 0 Å². The van der Waals surface area contributed by atoms with Gasteiger partial charge >= 0.3 is 0 Å². The predicted octanol–water partition coefficient (Wildman–Crippen LogP) is 4.68. The van der Waals surface area contributed by atoms with Gasteiger partial charge in [-0.3, -0.25) is 4.79 Å². The molecular weight excluding hydrogens is 348 g/mol. The summed E-state index contributed by atoms with van der Waals surface area (Å²) in [4.78, 5) is 12.0. The zero-order valence-electron chi connectivity index (χ0n) is 13.9. The lowest BCUT2D eigenvalue weighted by molar-refractivity contribution is 0.0955. The zero-order chi connectivity index (χ0) is 18.2. The number of nitrogens with one attached hydrogen (secondary N) is 1. The van der Waals surface area contributed by atoms with Gasteiger partial charge in [0.15, 0.2) is 0 Å². The van der Waals surface area contributed by atoms with Crippen LogP contribution in [0.25, 0.3) is 0 Å². The van der Waals surface area contributed by atoms with Crippen molar-refractivity contribution in [2.45, 2.75) is 6.61 Å². The molecule has 0 unspecified atom stereocenters. The van der Waals surface area contributed by atoms with Crippen molar-refractivity contribution < 1.29 is 9.53 Å². The molecule has 0 radical (unpaired) electrons. The fraction of sp³-hybridized carbons (Fsp3) is 0.0476. The van der Waals surface area contributed by atoms with E-state index in [0.717, 1.165) is 11.1 Å². The topological polar surface area (TPSA) is 50.7 Å². The number of nitrogens with zero attached hydrogens (tertiary/aromatic N) is 1. The first-order valence-electron chi connectivity index (χ1n) is 8.07. The van der Waals surface area contributed by atoms with Crippen LogP contribution in [-0.4, -0.2) is 12.1 Å². The van der Waals surface area contributed by atoms with Crippen LogP contribution in [0.15, 0.2) is 84.0 Å². The van der Waals surface area contributed by atoms with E-state index in [-0.39, 0.29) is 5.91 Å². The molecule has 4 nitrogen and oxygen atoms in total. The van der Waals surface area contributed by atoms with E-state index in [2.05, 4.69) is 10.5 Å². The molecule has 0 aromatic heterocycles. The third kappa shape index (κ3) is 4.94. The molecule has 5 heteroatoms. The van der Waals surface area contributed by atoms with E-state index in [1.807, 2.05) is 54.6 Å². The number of ether oxygens (including phenoxy) is 1. The number of hydrogen-bond acceptors (Lipinski definition) is 3. The number of benzene rings is 3. The summed E-state index contributed by atoms with van der Waals surface area (Å²) in [5.74, 6) is 0.418. The Morgan fingerprint density at radius 1 is 0.962 bits per heavy atom. The molecule has 130 valence electrons. The van der Waals surface area contributed by atoms with Gasteiger partial charge in [-0.15, -0.1) is 0 Å². The Balaban J connectivity index is 1.63. The number of hydrazone groups is 1. The first-order valence-corrected chi connectivity index (χ1v) is 8.45. The fourth-order valence-corrected chi connectivity index (χ4v) is 2.40. The summed E-state index contributed by atoms with van der Waals surface area (Å²) in [6.45, 7) is 0.415. The maximum absolute atomic E-state index is 12.0. The molecule has 26 heavy (non-hydrogen) atoms. The molecule has 0 spiro atoms. The van der Waals surface area contributed by atoms with Crippen molar-refractivity contribution in [1.29, 1.82) is 0 Å². The van der Waals surface area contributed by atoms with Crippen molar-refractivity contribution in [3.8, 4) is 5.75 Å². The molecule has 0 saturated heterocycles. The maximum Gasteiger partial charge on any atom is 0.271 e. The van der Waals surface area contributed by atoms with Crippen molar-refractivity contribution in [2.24, 2.45) is 5.10 Å². The van der Waals surface area contributed by atoms with Crippen LogP contribution in [0.5, 0.6) is 5.75 Å². The van der Waals surface area contributed by atoms with Crippen molar-refractivity contribution >= 4 is 23.7 Å². The van der Waals surface area contributed by atoms with Crippen molar-refractivity contribution in [3.05, 3.63) is 101 Å². The van der Waals surface area contributed by atoms with Crippen molar-refractivity contribution in [1.82, 2.24) is 5.43 Å². The van der Waals surface area contributed by atoms with Crippen LogP contribution in [-0.2, 0) is 6.61 Å². The van der Waals surface area contributed by atoms with E-state index >= 15 is 0 Å². The van der Waals surface area contributed by atoms with Gasteiger partial charge in [0.05, 0.1) is 6.21 Å². The third-order valence-corrected chi connectivity index (χ3v) is 3.88. The minimum absolute atomic E-state index is 0.263. The number of rotatable bonds is 6. The summed E-state index contributed by atoms with van der Waals surface area (Å²) in [6.07, 6.45) is 1.57. The summed E-state index contributed by atoms with van der Waals surface area (Å²) in [5.41, 5.74) is 4.85. The van der Waals surface area contributed by atoms with Gasteiger partial charge in [0.25, 0.3) is 5.91 Å². The van der Waals surface area contributed by atoms with Crippen LogP contribution >= 0.6 is 11.6 Å². The lowest BCUT2D eigenvalue weighted by Gasteiger charge is -2.09. The van der Waals surface area contributed by atoms with E-state index in [9.17, 15) is 4.79 Å². The van der Waals surface area contributed by atoms with Crippen LogP contribution < -0.4 is 10.2 Å². The van der Waals surface area contributed by atoms with E-state index < -0.39 is 0 Å². The van der Waals surface area contributed by atoms with Crippen LogP contribution in [0.1, 0.15) is 21.5 Å². The highest BCUT2D eigenvalue weighted by Gasteiger charge is 2.04. The van der Waals surface area contributed by atoms with Gasteiger partial charge in [0.2, 0.25) is 0 Å². The first kappa shape index (κ1) is 17.7. The molecule has 0 aliphatic heterocycles. The van der Waals surface area contributed by atoms with Gasteiger partial charge in [-0.05, 0) is 42.0 Å². The van der Waals surface area contributed by atoms with Gasteiger partial charge in [-0.2, -0.15) is 5.10 Å². The minimum atomic E-state index is -0.263. The van der Waals surface area contributed by atoms with E-state index in [0.29, 0.717) is 22.9 Å². The third-order valence-electron chi connectivity index (χ3n) is 3.63. The summed E-state index contributed by atoms with van der Waals surface area (Å²) >= 11 is 5.89. The van der Waals surface area contributed by atoms with Crippen molar-refractivity contribution in [3.63, 3.8) is 0 Å². The second-order valence-electron chi connectivity index (χ2n) is 5.52. The molecule has 3 aromatic rings. The zero-order valence-corrected chi connectivity index (χ0v) is 14.7. The largest absolute Gasteiger partial charge is 0.488 e. The Labute approximate surface area is 157 Å². The maximum atomic E-state index is 12.0. The molecular formula is C21H17ClN2O2. The molecule has 0 heterocycles. The molecule has 0 bridgehead atoms. The number of carbonyl (C=O) groups excluding carboxylic acids is 1. The SMILES string of the molecule is O=C(NN=Cc1ccccc1OCc1ccc(Cl)cc1)c1ccccc1. The van der Waals surface area contributed by atoms with E-state index in [1.54, 1.807) is 30.5 Å². The summed E-state index contributed by atoms with van der Waals surface area (Å²) in [5, 5.41) is 4.71. The monoisotopic (exact) mass is 364 g/mol. The molecule has 3 aromatic carbocycles. The highest BCUT2D eigenvalue weighted by molar-refractivity contribution is 6.30. The smallest absolute Gasteiger partial charge is 0.271 e. The molecule has 1 amide bonds. The number of halogens is 1. The lowest BCUT2D eigenvalue weighted by atomic mass is 10.2. The minimum Gasteiger partial charge on any atom is -0.488 e. The van der Waals surface area contributed by atoms with E-state index in [4.69, 9.17) is 16.3 Å². The summed E-state index contributed by atoms with van der Waals surface area (Å²) in [6, 6.07) is 23.9. The van der Waals surface area contributed by atoms with Gasteiger partial charge < -0.3 is 4.74 Å². The average Bonchev–Trinajstić information content (AvgIpc) is 2.69. The Kier molecular flexibility index (Phi) is 6.01. The average molecular weight is 365 g/mol. The highest BCUT2D eigenvalue weighted by atomic mass is 35.5. The Hall–Kier alpha value is -3.11. The molecule has 0 aliphatic rings. The predicted molar refractivity (Wildman–Crippen MR) is 104 cm³/mol. The highest BCUT2D eigenvalue weighted by Crippen LogP contribution is 2.18. The van der Waals surface area contributed by atoms with Crippen LogP contribution in [0, 0.1) is 0 Å². The quantitative estimate of drug-likeness (QED) is 0.510. The number of hydrogen-bond donors (Lipinski definition) is 1. The number of amides is 1. The fourth-order valence-electron chi connectivity index (χ4n) is 2.27. The first-order chi connectivity index (χ1) is 12.7. The van der Waals surface area contributed by atoms with E-state index in [1.165, 1.54) is 0 Å². The van der Waals surface area contributed by atoms with Gasteiger partial charge in [0.1, 0.15) is 12.4 Å². The van der Waals surface area contributed by atoms with Gasteiger partial charge in [-0.25, -0.2) is 5.43 Å². The number of carbonyl (C=O) groups is 1. The number of para-hydroxylation sites is 1. The molecule has 0 atom stereocenters. The Bertz CT molecular complexity index is 893. The molecule has 3 rings (SSSR count). The second kappa shape index (κ2) is 8.83. The molecule has 0 fully saturated rings. The van der Waals surface area contributed by atoms with Gasteiger partial charge in [-0.1, -0.05) is 54.1 Å². The molecule has 0 saturated carbocycles. The second-order valence-corrected chi connectivity index (χ2v) is 5.95. The van der Waals surface area contributed by atoms with Crippen LogP contribution in [0.2, 0.25) is 5.02 Å². The van der Waals surface area contributed by atoms with Crippen LogP contribution in [0.3, 0.4) is 0 Å². The van der Waals surface area contributed by atoms with Gasteiger partial charge in [0, 0.05) is 16.1 Å². The summed E-state index contributed by atoms with van der Waals surface area (Å²) < 4.78 is 5.86. The lowest BCUT2D eigenvalue weighted by Crippen LogP contribution is -2.17. The van der Waals surface area contributed by atoms with Crippen molar-refractivity contribution in [2.75, 3.05) is 0 Å². The Morgan fingerprint density at radius 2 is 1.65 bits per heavy atom. The molecule has 1 N–H and O–H groups in total. The summed E-state index contributed by atoms with van der Waals surface area (Å²) in [7, 11) is 0. The Morgan fingerprint density at radius 3 is 2.42 bits per heavy atom.